The van der Waals surface area contributed by atoms with Gasteiger partial charge in [-0.1, -0.05) is 121 Å². The predicted molar refractivity (Wildman–Crippen MR) is 209 cm³/mol. The van der Waals surface area contributed by atoms with E-state index in [-0.39, 0.29) is 13.2 Å². The van der Waals surface area contributed by atoms with Gasteiger partial charge in [0.1, 0.15) is 0 Å². The van der Waals surface area contributed by atoms with Gasteiger partial charge in [0.15, 0.2) is 0 Å². The Morgan fingerprint density at radius 3 is 1.45 bits per heavy atom. The van der Waals surface area contributed by atoms with Crippen LogP contribution in [-0.4, -0.2) is 29.3 Å². The van der Waals surface area contributed by atoms with Crippen molar-refractivity contribution in [1.29, 1.82) is 0 Å². The third-order valence-electron chi connectivity index (χ3n) is 8.52. The number of phosphoric acid groups is 2. The first-order valence-electron chi connectivity index (χ1n) is 18.4. The highest BCUT2D eigenvalue weighted by Gasteiger charge is 2.36. The molecule has 4 rings (SSSR count). The van der Waals surface area contributed by atoms with E-state index >= 15 is 0 Å². The third-order valence-corrected chi connectivity index (χ3v) is 11.4. The van der Waals surface area contributed by atoms with Crippen LogP contribution in [0.2, 0.25) is 0 Å². The normalized spacial score (nSPS) is 14.1. The van der Waals surface area contributed by atoms with E-state index in [2.05, 4.69) is 0 Å². The molecule has 0 heterocycles. The lowest BCUT2D eigenvalue weighted by atomic mass is 10.0. The summed E-state index contributed by atoms with van der Waals surface area (Å²) in [6, 6.07) is 38.2. The number of rotatable bonds is 25. The van der Waals surface area contributed by atoms with Crippen molar-refractivity contribution in [3.8, 4) is 0 Å². The number of phosphoric ester groups is 2. The van der Waals surface area contributed by atoms with Crippen molar-refractivity contribution in [1.82, 2.24) is 0 Å². The fourth-order valence-electron chi connectivity index (χ4n) is 5.76. The van der Waals surface area contributed by atoms with Crippen molar-refractivity contribution < 1.29 is 41.4 Å². The van der Waals surface area contributed by atoms with Crippen LogP contribution in [0.3, 0.4) is 0 Å². The van der Waals surface area contributed by atoms with Crippen LogP contribution in [0.1, 0.15) is 94.6 Å². The average Bonchev–Trinajstić information content (AvgIpc) is 3.13. The second-order valence-corrected chi connectivity index (χ2v) is 17.3. The molecule has 0 aliphatic rings. The molecule has 0 bridgehead atoms. The SMILES string of the molecule is CC(C)(CCCCOCCCCC(C)(C)OP(=O)(OCc1ccccc1)OCc1ccccc1)OP(=O)(O)OC(Cc1ccccc1)c1ccccc1. The molecule has 0 saturated carbocycles. The maximum atomic E-state index is 13.8. The first kappa shape index (κ1) is 42.8. The molecule has 0 radical (unpaired) electrons. The number of hydrogen-bond acceptors (Lipinski definition) is 8. The summed E-state index contributed by atoms with van der Waals surface area (Å²) >= 11 is 0. The van der Waals surface area contributed by atoms with E-state index in [1.807, 2.05) is 135 Å². The van der Waals surface area contributed by atoms with Gasteiger partial charge in [0.2, 0.25) is 0 Å². The van der Waals surface area contributed by atoms with Crippen LogP contribution in [0.15, 0.2) is 121 Å². The smallest absolute Gasteiger partial charge is 0.381 e. The van der Waals surface area contributed by atoms with Crippen molar-refractivity contribution in [2.45, 2.75) is 103 Å². The Bertz CT molecular complexity index is 1640. The first-order valence-corrected chi connectivity index (χ1v) is 21.3. The lowest BCUT2D eigenvalue weighted by Gasteiger charge is -2.29. The van der Waals surface area contributed by atoms with Crippen LogP contribution in [0.5, 0.6) is 0 Å². The molecule has 0 aliphatic carbocycles. The van der Waals surface area contributed by atoms with Crippen LogP contribution in [0, 0.1) is 0 Å². The molecule has 0 aromatic heterocycles. The van der Waals surface area contributed by atoms with Gasteiger partial charge in [-0.25, -0.2) is 9.13 Å². The van der Waals surface area contributed by atoms with Crippen LogP contribution < -0.4 is 0 Å². The maximum absolute atomic E-state index is 13.8. The highest BCUT2D eigenvalue weighted by atomic mass is 31.2. The monoisotopic (exact) mass is 766 g/mol. The molecule has 0 aliphatic heterocycles. The van der Waals surface area contributed by atoms with Crippen molar-refractivity contribution in [3.05, 3.63) is 144 Å². The summed E-state index contributed by atoms with van der Waals surface area (Å²) in [4.78, 5) is 10.8. The van der Waals surface area contributed by atoms with E-state index in [0.29, 0.717) is 32.5 Å². The van der Waals surface area contributed by atoms with Gasteiger partial charge in [0.05, 0.1) is 30.5 Å². The number of benzene rings is 4. The summed E-state index contributed by atoms with van der Waals surface area (Å²) in [5, 5.41) is 0. The van der Waals surface area contributed by atoms with Gasteiger partial charge in [-0.3, -0.25) is 22.6 Å². The Hall–Kier alpha value is -2.94. The third kappa shape index (κ3) is 17.0. The van der Waals surface area contributed by atoms with Crippen LogP contribution >= 0.6 is 15.6 Å². The minimum atomic E-state index is -4.39. The average molecular weight is 767 g/mol. The van der Waals surface area contributed by atoms with Gasteiger partial charge in [0.25, 0.3) is 0 Å². The fourth-order valence-corrected chi connectivity index (χ4v) is 8.53. The Labute approximate surface area is 316 Å². The van der Waals surface area contributed by atoms with Crippen molar-refractivity contribution >= 4 is 15.6 Å². The van der Waals surface area contributed by atoms with Crippen LogP contribution in [0.25, 0.3) is 0 Å². The second kappa shape index (κ2) is 21.2. The summed E-state index contributed by atoms with van der Waals surface area (Å²) in [5.74, 6) is 0. The molecule has 0 amide bonds. The molecule has 2 atom stereocenters. The number of hydrogen-bond donors (Lipinski definition) is 1. The molecule has 53 heavy (non-hydrogen) atoms. The van der Waals surface area contributed by atoms with E-state index in [1.54, 1.807) is 13.8 Å². The standard InChI is InChI=1S/C42H56O9P2/c1-41(2,50-52(43,44)49-40(39-27-15-8-16-28-39)33-36-21-9-5-10-22-36)29-17-19-31-46-32-20-18-30-42(3,4)51-53(45,47-34-37-23-11-6-12-24-37)48-35-38-25-13-7-14-26-38/h5-16,21-28,40H,17-20,29-35H2,1-4H3,(H,43,44). The topological polar surface area (TPSA) is 110 Å². The van der Waals surface area contributed by atoms with Crippen molar-refractivity contribution in [2.75, 3.05) is 13.2 Å². The Balaban J connectivity index is 1.15. The summed E-state index contributed by atoms with van der Waals surface area (Å²) in [6.07, 6.45) is 4.12. The van der Waals surface area contributed by atoms with E-state index in [9.17, 15) is 14.0 Å². The summed E-state index contributed by atoms with van der Waals surface area (Å²) in [5.41, 5.74) is 1.92. The molecule has 0 saturated heterocycles. The Morgan fingerprint density at radius 2 is 0.981 bits per heavy atom. The van der Waals surface area contributed by atoms with Gasteiger partial charge in [0, 0.05) is 19.6 Å². The van der Waals surface area contributed by atoms with E-state index in [1.165, 1.54) is 0 Å². The van der Waals surface area contributed by atoms with Crippen molar-refractivity contribution in [2.24, 2.45) is 0 Å². The number of unbranched alkanes of at least 4 members (excludes halogenated alkanes) is 2. The molecule has 11 heteroatoms. The highest BCUT2D eigenvalue weighted by molar-refractivity contribution is 7.48. The first-order chi connectivity index (χ1) is 25.3. The zero-order valence-corrected chi connectivity index (χ0v) is 33.3. The predicted octanol–water partition coefficient (Wildman–Crippen LogP) is 11.6. The molecule has 0 spiro atoms. The second-order valence-electron chi connectivity index (χ2n) is 14.4. The molecule has 1 N–H and O–H groups in total. The van der Waals surface area contributed by atoms with E-state index in [4.69, 9.17) is 27.4 Å². The van der Waals surface area contributed by atoms with Crippen LogP contribution in [0.4, 0.5) is 0 Å². The summed E-state index contributed by atoms with van der Waals surface area (Å²) < 4.78 is 62.1. The fraction of sp³-hybridized carbons (Fsp3) is 0.429. The zero-order valence-electron chi connectivity index (χ0n) is 31.5. The van der Waals surface area contributed by atoms with Crippen LogP contribution in [-0.2, 0) is 56.1 Å². The van der Waals surface area contributed by atoms with E-state index < -0.39 is 33.0 Å². The maximum Gasteiger partial charge on any atom is 0.475 e. The Morgan fingerprint density at radius 1 is 0.566 bits per heavy atom. The molecule has 9 nitrogen and oxygen atoms in total. The Kier molecular flexibility index (Phi) is 17.1. The number of ether oxygens (including phenoxy) is 1. The van der Waals surface area contributed by atoms with E-state index in [0.717, 1.165) is 47.9 Å². The van der Waals surface area contributed by atoms with Gasteiger partial charge < -0.3 is 9.63 Å². The van der Waals surface area contributed by atoms with Gasteiger partial charge in [-0.05, 0) is 88.5 Å². The lowest BCUT2D eigenvalue weighted by molar-refractivity contribution is 0.0186. The quantitative estimate of drug-likeness (QED) is 0.0520. The minimum Gasteiger partial charge on any atom is -0.381 e. The lowest BCUT2D eigenvalue weighted by Crippen LogP contribution is -2.24. The van der Waals surface area contributed by atoms with Crippen molar-refractivity contribution in [3.63, 3.8) is 0 Å². The molecule has 4 aromatic carbocycles. The minimum absolute atomic E-state index is 0.108. The molecular formula is C42H56O9P2. The van der Waals surface area contributed by atoms with Gasteiger partial charge in [-0.15, -0.1) is 0 Å². The zero-order chi connectivity index (χ0) is 38.0. The molecular weight excluding hydrogens is 710 g/mol. The molecule has 2 unspecified atom stereocenters. The largest absolute Gasteiger partial charge is 0.475 e. The molecule has 4 aromatic rings. The summed E-state index contributed by atoms with van der Waals surface area (Å²) in [6.45, 7) is 8.74. The summed E-state index contributed by atoms with van der Waals surface area (Å²) in [7, 11) is -8.28. The van der Waals surface area contributed by atoms with Gasteiger partial charge >= 0.3 is 15.6 Å². The van der Waals surface area contributed by atoms with Gasteiger partial charge in [-0.2, -0.15) is 0 Å². The molecule has 0 fully saturated rings. The molecule has 288 valence electrons. The highest BCUT2D eigenvalue weighted by Crippen LogP contribution is 2.55.